The molecule has 1 aliphatic carbocycles. The molecule has 2 fully saturated rings. The van der Waals surface area contributed by atoms with Crippen LogP contribution in [0.2, 0.25) is 0 Å². The van der Waals surface area contributed by atoms with Crippen molar-refractivity contribution in [2.75, 3.05) is 13.6 Å². The van der Waals surface area contributed by atoms with Crippen molar-refractivity contribution < 1.29 is 4.74 Å². The van der Waals surface area contributed by atoms with Crippen LogP contribution in [0.3, 0.4) is 0 Å². The van der Waals surface area contributed by atoms with Crippen LogP contribution in [0.1, 0.15) is 24.0 Å². The van der Waals surface area contributed by atoms with Gasteiger partial charge in [0.05, 0.1) is 6.10 Å². The van der Waals surface area contributed by atoms with Gasteiger partial charge in [-0.25, -0.2) is 0 Å². The number of hydrogen-bond acceptors (Lipinski definition) is 2. The number of aromatic amines is 1. The van der Waals surface area contributed by atoms with E-state index in [9.17, 15) is 0 Å². The predicted molar refractivity (Wildman–Crippen MR) is 74.4 cm³/mol. The molecule has 2 saturated heterocycles. The van der Waals surface area contributed by atoms with E-state index < -0.39 is 0 Å². The molecule has 4 atom stereocenters. The van der Waals surface area contributed by atoms with Gasteiger partial charge >= 0.3 is 0 Å². The van der Waals surface area contributed by atoms with E-state index >= 15 is 0 Å². The lowest BCUT2D eigenvalue weighted by Gasteiger charge is -2.42. The second-order valence-electron chi connectivity index (χ2n) is 6.65. The smallest absolute Gasteiger partial charge is 0.105 e. The molecule has 0 saturated carbocycles. The fourth-order valence-corrected chi connectivity index (χ4v) is 4.53. The number of fused-ring (bicyclic) bond motifs is 4. The molecule has 0 radical (unpaired) electrons. The van der Waals surface area contributed by atoms with Crippen molar-refractivity contribution in [3.05, 3.63) is 35.5 Å². The zero-order chi connectivity index (χ0) is 12.8. The zero-order valence-electron chi connectivity index (χ0n) is 11.3. The monoisotopic (exact) mass is 254 g/mol. The van der Waals surface area contributed by atoms with E-state index in [-0.39, 0.29) is 5.60 Å². The van der Waals surface area contributed by atoms with Gasteiger partial charge in [0.2, 0.25) is 0 Å². The highest BCUT2D eigenvalue weighted by Crippen LogP contribution is 2.55. The van der Waals surface area contributed by atoms with E-state index in [2.05, 4.69) is 48.3 Å². The fourth-order valence-electron chi connectivity index (χ4n) is 4.53. The number of piperidine rings is 1. The Morgan fingerprint density at radius 1 is 1.42 bits per heavy atom. The summed E-state index contributed by atoms with van der Waals surface area (Å²) in [6, 6.07) is 7.25. The molecular formula is C16H18N2O. The van der Waals surface area contributed by atoms with Crippen LogP contribution in [0.5, 0.6) is 0 Å². The molecule has 0 amide bonds. The van der Waals surface area contributed by atoms with Crippen molar-refractivity contribution >= 4 is 10.9 Å². The Balaban J connectivity index is 1.77. The van der Waals surface area contributed by atoms with Crippen LogP contribution >= 0.6 is 0 Å². The summed E-state index contributed by atoms with van der Waals surface area (Å²) in [6.07, 6.45) is 3.76. The lowest BCUT2D eigenvalue weighted by molar-refractivity contribution is 0.153. The van der Waals surface area contributed by atoms with Crippen LogP contribution in [0, 0.1) is 0 Å². The van der Waals surface area contributed by atoms with Crippen molar-refractivity contribution in [2.45, 2.75) is 37.0 Å². The van der Waals surface area contributed by atoms with Crippen molar-refractivity contribution in [2.24, 2.45) is 0 Å². The van der Waals surface area contributed by atoms with Gasteiger partial charge in [0.25, 0.3) is 0 Å². The van der Waals surface area contributed by atoms with Crippen molar-refractivity contribution in [3.8, 4) is 0 Å². The molecule has 1 aromatic carbocycles. The number of likely N-dealkylation sites (tertiary alicyclic amines) is 1. The quantitative estimate of drug-likeness (QED) is 0.731. The molecule has 0 bridgehead atoms. The molecule has 1 aromatic heterocycles. The Kier molecular flexibility index (Phi) is 1.68. The molecule has 3 heterocycles. The number of epoxide rings is 1. The molecule has 3 nitrogen and oxygen atoms in total. The number of nitrogens with zero attached hydrogens (tertiary/aromatic N) is 1. The first kappa shape index (κ1) is 10.5. The third-order valence-electron chi connectivity index (χ3n) is 5.42. The van der Waals surface area contributed by atoms with Gasteiger partial charge < -0.3 is 9.72 Å². The summed E-state index contributed by atoms with van der Waals surface area (Å²) >= 11 is 0. The number of H-pyrrole nitrogens is 1. The SMILES string of the molecule is CN1CC2(C)OC2[C@@H]2c3cccc4[nH]cc(c34)C[C@H]21. The number of likely N-dealkylation sites (N-methyl/N-ethyl adjacent to an activating group) is 1. The molecule has 5 rings (SSSR count). The van der Waals surface area contributed by atoms with Gasteiger partial charge in [-0.2, -0.15) is 0 Å². The lowest BCUT2D eigenvalue weighted by atomic mass is 9.73. The minimum absolute atomic E-state index is 0.0892. The van der Waals surface area contributed by atoms with Gasteiger partial charge in [-0.05, 0) is 37.6 Å². The first-order valence-electron chi connectivity index (χ1n) is 7.14. The maximum atomic E-state index is 6.08. The number of benzene rings is 1. The van der Waals surface area contributed by atoms with E-state index in [4.69, 9.17) is 4.74 Å². The average molecular weight is 254 g/mol. The molecule has 19 heavy (non-hydrogen) atoms. The largest absolute Gasteiger partial charge is 0.364 e. The number of hydrogen-bond donors (Lipinski definition) is 1. The van der Waals surface area contributed by atoms with Gasteiger partial charge in [0.15, 0.2) is 0 Å². The summed E-state index contributed by atoms with van der Waals surface area (Å²) in [4.78, 5) is 5.93. The maximum Gasteiger partial charge on any atom is 0.105 e. The van der Waals surface area contributed by atoms with Gasteiger partial charge in [-0.15, -0.1) is 0 Å². The third kappa shape index (κ3) is 1.16. The van der Waals surface area contributed by atoms with Crippen molar-refractivity contribution in [3.63, 3.8) is 0 Å². The van der Waals surface area contributed by atoms with E-state index in [0.29, 0.717) is 18.1 Å². The third-order valence-corrected chi connectivity index (χ3v) is 5.42. The highest BCUT2D eigenvalue weighted by molar-refractivity contribution is 5.88. The molecule has 0 spiro atoms. The first-order chi connectivity index (χ1) is 9.17. The minimum atomic E-state index is 0.0892. The minimum Gasteiger partial charge on any atom is -0.364 e. The standard InChI is InChI=1S/C16H18N2O/c1-16-8-18(2)12-6-9-7-17-11-5-3-4-10(13(9)11)14(12)15(16)19-16/h3-5,7,12,14-15,17H,6,8H2,1-2H3/t12-,14-,15?,16?/m1/s1. The summed E-state index contributed by atoms with van der Waals surface area (Å²) in [7, 11) is 2.25. The highest BCUT2D eigenvalue weighted by atomic mass is 16.6. The Labute approximate surface area is 112 Å². The van der Waals surface area contributed by atoms with E-state index in [1.807, 2.05) is 0 Å². The van der Waals surface area contributed by atoms with Gasteiger partial charge in [0.1, 0.15) is 5.60 Å². The summed E-state index contributed by atoms with van der Waals surface area (Å²) in [5, 5.41) is 1.46. The summed E-state index contributed by atoms with van der Waals surface area (Å²) < 4.78 is 6.08. The Hall–Kier alpha value is -1.32. The van der Waals surface area contributed by atoms with Crippen LogP contribution in [-0.2, 0) is 11.2 Å². The molecule has 1 N–H and O–H groups in total. The normalized spacial score (nSPS) is 40.0. The maximum absolute atomic E-state index is 6.08. The van der Waals surface area contributed by atoms with Gasteiger partial charge in [-0.1, -0.05) is 12.1 Å². The van der Waals surface area contributed by atoms with E-state index in [1.165, 1.54) is 22.0 Å². The topological polar surface area (TPSA) is 31.6 Å². The number of ether oxygens (including phenoxy) is 1. The van der Waals surface area contributed by atoms with Crippen LogP contribution in [0.4, 0.5) is 0 Å². The molecule has 3 aliphatic rings. The molecule has 2 unspecified atom stereocenters. The number of aromatic nitrogens is 1. The number of rotatable bonds is 0. The summed E-state index contributed by atoms with van der Waals surface area (Å²) in [5.74, 6) is 0.538. The summed E-state index contributed by atoms with van der Waals surface area (Å²) in [5.41, 5.74) is 4.33. The molecule has 3 heteroatoms. The predicted octanol–water partition coefficient (Wildman–Crippen LogP) is 2.28. The highest BCUT2D eigenvalue weighted by Gasteiger charge is 2.63. The van der Waals surface area contributed by atoms with Crippen molar-refractivity contribution in [1.82, 2.24) is 9.88 Å². The second kappa shape index (κ2) is 3.05. The average Bonchev–Trinajstić information content (AvgIpc) is 2.89. The Morgan fingerprint density at radius 2 is 2.32 bits per heavy atom. The Bertz CT molecular complexity index is 691. The van der Waals surface area contributed by atoms with Crippen LogP contribution in [0.15, 0.2) is 24.4 Å². The van der Waals surface area contributed by atoms with E-state index in [1.54, 1.807) is 0 Å². The molecule has 98 valence electrons. The van der Waals surface area contributed by atoms with Crippen molar-refractivity contribution in [1.29, 1.82) is 0 Å². The second-order valence-corrected chi connectivity index (χ2v) is 6.65. The van der Waals surface area contributed by atoms with Crippen LogP contribution in [-0.4, -0.2) is 41.2 Å². The lowest BCUT2D eigenvalue weighted by Crippen LogP contribution is -2.51. The zero-order valence-corrected chi connectivity index (χ0v) is 11.3. The molecule has 2 aromatic rings. The number of nitrogens with one attached hydrogen (secondary N) is 1. The molecular weight excluding hydrogens is 236 g/mol. The molecule has 2 aliphatic heterocycles. The van der Waals surface area contributed by atoms with Gasteiger partial charge in [-0.3, -0.25) is 4.90 Å². The fraction of sp³-hybridized carbons (Fsp3) is 0.500. The van der Waals surface area contributed by atoms with Crippen LogP contribution in [0.25, 0.3) is 10.9 Å². The van der Waals surface area contributed by atoms with Gasteiger partial charge in [0, 0.05) is 35.6 Å². The van der Waals surface area contributed by atoms with Crippen LogP contribution < -0.4 is 0 Å². The van der Waals surface area contributed by atoms with E-state index in [0.717, 1.165) is 13.0 Å². The summed E-state index contributed by atoms with van der Waals surface area (Å²) in [6.45, 7) is 3.33. The first-order valence-corrected chi connectivity index (χ1v) is 7.14. The Morgan fingerprint density at radius 3 is 3.21 bits per heavy atom.